The third-order valence-corrected chi connectivity index (χ3v) is 2.52. The Morgan fingerprint density at radius 3 is 2.32 bits per heavy atom. The van der Waals surface area contributed by atoms with Crippen LogP contribution >= 0.6 is 0 Å². The molecule has 0 bridgehead atoms. The van der Waals surface area contributed by atoms with Gasteiger partial charge in [0, 0.05) is 5.69 Å². The highest BCUT2D eigenvalue weighted by atomic mass is 16.6. The van der Waals surface area contributed by atoms with Crippen molar-refractivity contribution in [3.63, 3.8) is 0 Å². The van der Waals surface area contributed by atoms with E-state index in [0.717, 1.165) is 5.56 Å². The summed E-state index contributed by atoms with van der Waals surface area (Å²) < 4.78 is 5.07. The zero-order valence-corrected chi connectivity index (χ0v) is 13.1. The first-order valence-electron chi connectivity index (χ1n) is 6.77. The fourth-order valence-corrected chi connectivity index (χ4v) is 1.56. The van der Waals surface area contributed by atoms with E-state index in [4.69, 9.17) is 9.94 Å². The molecule has 7 nitrogen and oxygen atoms in total. The Morgan fingerprint density at radius 1 is 1.23 bits per heavy atom. The fourth-order valence-electron chi connectivity index (χ4n) is 1.56. The monoisotopic (exact) mass is 307 g/mol. The molecule has 0 aliphatic carbocycles. The van der Waals surface area contributed by atoms with Gasteiger partial charge in [-0.3, -0.25) is 4.79 Å². The molecule has 120 valence electrons. The predicted octanol–water partition coefficient (Wildman–Crippen LogP) is 2.35. The third kappa shape index (κ3) is 6.25. The lowest BCUT2D eigenvalue weighted by atomic mass is 10.1. The Balaban J connectivity index is 2.47. The summed E-state index contributed by atoms with van der Waals surface area (Å²) in [5.41, 5.74) is 1.18. The smallest absolute Gasteiger partial charge is 0.325 e. The second-order valence-electron chi connectivity index (χ2n) is 5.66. The Labute approximate surface area is 129 Å². The molecule has 0 radical (unpaired) electrons. The Morgan fingerprint density at radius 2 is 1.82 bits per heavy atom. The molecule has 2 amide bonds. The molecule has 0 atom stereocenters. The van der Waals surface area contributed by atoms with E-state index in [1.54, 1.807) is 52.0 Å². The Hall–Kier alpha value is -2.57. The lowest BCUT2D eigenvalue weighted by Gasteiger charge is -2.19. The molecule has 0 fully saturated rings. The van der Waals surface area contributed by atoms with Gasteiger partial charge in [-0.2, -0.15) is 0 Å². The van der Waals surface area contributed by atoms with Crippen LogP contribution in [0.1, 0.15) is 33.3 Å². The molecule has 0 aromatic heterocycles. The number of nitrogens with zero attached hydrogens (tertiary/aromatic N) is 1. The van der Waals surface area contributed by atoms with Crippen LogP contribution in [-0.4, -0.2) is 35.1 Å². The lowest BCUT2D eigenvalue weighted by Crippen LogP contribution is -2.36. The van der Waals surface area contributed by atoms with Crippen molar-refractivity contribution in [2.45, 2.75) is 33.3 Å². The van der Waals surface area contributed by atoms with Crippen LogP contribution in [0, 0.1) is 0 Å². The molecule has 0 saturated heterocycles. The van der Waals surface area contributed by atoms with Gasteiger partial charge in [-0.15, -0.1) is 0 Å². The first kappa shape index (κ1) is 17.5. The first-order valence-corrected chi connectivity index (χ1v) is 6.77. The summed E-state index contributed by atoms with van der Waals surface area (Å²) in [6.45, 7) is 6.71. The molecule has 0 heterocycles. The van der Waals surface area contributed by atoms with E-state index in [9.17, 15) is 9.59 Å². The van der Waals surface area contributed by atoms with Crippen molar-refractivity contribution in [3.8, 4) is 0 Å². The maximum absolute atomic E-state index is 11.7. The van der Waals surface area contributed by atoms with E-state index in [0.29, 0.717) is 11.4 Å². The number of nitrogens with one attached hydrogen (secondary N) is 2. The lowest BCUT2D eigenvalue weighted by molar-refractivity contribution is -0.153. The highest BCUT2D eigenvalue weighted by Gasteiger charge is 2.16. The number of carbonyl (C=O) groups excluding carboxylic acids is 2. The van der Waals surface area contributed by atoms with Gasteiger partial charge in [0.05, 0.1) is 5.71 Å². The summed E-state index contributed by atoms with van der Waals surface area (Å²) in [5.74, 6) is -0.507. The summed E-state index contributed by atoms with van der Waals surface area (Å²) in [7, 11) is 0. The molecular weight excluding hydrogens is 286 g/mol. The summed E-state index contributed by atoms with van der Waals surface area (Å²) >= 11 is 0. The molecule has 0 saturated carbocycles. The normalized spacial score (nSPS) is 11.7. The maximum Gasteiger partial charge on any atom is 0.325 e. The second-order valence-corrected chi connectivity index (χ2v) is 5.66. The van der Waals surface area contributed by atoms with Crippen molar-refractivity contribution in [2.24, 2.45) is 5.16 Å². The molecule has 1 rings (SSSR count). The van der Waals surface area contributed by atoms with E-state index in [-0.39, 0.29) is 6.54 Å². The molecule has 7 heteroatoms. The van der Waals surface area contributed by atoms with Crippen molar-refractivity contribution < 1.29 is 19.5 Å². The van der Waals surface area contributed by atoms with Crippen LogP contribution in [0.25, 0.3) is 0 Å². The second kappa shape index (κ2) is 7.44. The minimum absolute atomic E-state index is 0.211. The van der Waals surface area contributed by atoms with Crippen LogP contribution in [-0.2, 0) is 9.53 Å². The number of oxime groups is 1. The Kier molecular flexibility index (Phi) is 5.91. The van der Waals surface area contributed by atoms with E-state index < -0.39 is 17.6 Å². The van der Waals surface area contributed by atoms with Gasteiger partial charge in [0.2, 0.25) is 0 Å². The largest absolute Gasteiger partial charge is 0.459 e. The number of urea groups is 1. The van der Waals surface area contributed by atoms with E-state index in [2.05, 4.69) is 15.8 Å². The number of rotatable bonds is 4. The number of carbonyl (C=O) groups is 2. The average molecular weight is 307 g/mol. The standard InChI is InChI=1S/C15H21N3O4/c1-10(18-21)11-5-7-12(8-6-11)17-14(20)16-9-13(19)22-15(2,3)4/h5-8,21H,9H2,1-4H3,(H2,16,17,20). The molecule has 1 aromatic carbocycles. The first-order chi connectivity index (χ1) is 10.2. The van der Waals surface area contributed by atoms with E-state index >= 15 is 0 Å². The Bertz CT molecular complexity index is 559. The van der Waals surface area contributed by atoms with Crippen LogP contribution < -0.4 is 10.6 Å². The van der Waals surface area contributed by atoms with Gasteiger partial charge in [-0.05, 0) is 45.4 Å². The minimum atomic E-state index is -0.586. The molecule has 0 spiro atoms. The van der Waals surface area contributed by atoms with Crippen molar-refractivity contribution in [1.29, 1.82) is 0 Å². The molecular formula is C15H21N3O4. The van der Waals surface area contributed by atoms with Gasteiger partial charge in [0.25, 0.3) is 0 Å². The summed E-state index contributed by atoms with van der Waals surface area (Å²) in [6.07, 6.45) is 0. The number of esters is 1. The van der Waals surface area contributed by atoms with Crippen molar-refractivity contribution >= 4 is 23.4 Å². The third-order valence-electron chi connectivity index (χ3n) is 2.52. The van der Waals surface area contributed by atoms with Crippen LogP contribution in [0.4, 0.5) is 10.5 Å². The number of ether oxygens (including phenoxy) is 1. The van der Waals surface area contributed by atoms with Gasteiger partial charge in [-0.25, -0.2) is 4.79 Å². The van der Waals surface area contributed by atoms with Gasteiger partial charge in [-0.1, -0.05) is 17.3 Å². The van der Waals surface area contributed by atoms with Crippen LogP contribution in [0.3, 0.4) is 0 Å². The fraction of sp³-hybridized carbons (Fsp3) is 0.400. The van der Waals surface area contributed by atoms with Gasteiger partial charge < -0.3 is 20.6 Å². The topological polar surface area (TPSA) is 100 Å². The summed E-state index contributed by atoms with van der Waals surface area (Å²) in [4.78, 5) is 23.1. The van der Waals surface area contributed by atoms with Crippen LogP contribution in [0.5, 0.6) is 0 Å². The number of benzene rings is 1. The van der Waals surface area contributed by atoms with Crippen LogP contribution in [0.15, 0.2) is 29.4 Å². The van der Waals surface area contributed by atoms with Gasteiger partial charge in [0.15, 0.2) is 0 Å². The van der Waals surface area contributed by atoms with Gasteiger partial charge >= 0.3 is 12.0 Å². The summed E-state index contributed by atoms with van der Waals surface area (Å²) in [6, 6.07) is 6.23. The molecule has 22 heavy (non-hydrogen) atoms. The SMILES string of the molecule is CC(=NO)c1ccc(NC(=O)NCC(=O)OC(C)(C)C)cc1. The quantitative estimate of drug-likeness (QED) is 0.344. The minimum Gasteiger partial charge on any atom is -0.459 e. The molecule has 1 aromatic rings. The number of amides is 2. The maximum atomic E-state index is 11.7. The van der Waals surface area contributed by atoms with Crippen molar-refractivity contribution in [3.05, 3.63) is 29.8 Å². The highest BCUT2D eigenvalue weighted by Crippen LogP contribution is 2.10. The van der Waals surface area contributed by atoms with Crippen LogP contribution in [0.2, 0.25) is 0 Å². The van der Waals surface area contributed by atoms with Crippen molar-refractivity contribution in [2.75, 3.05) is 11.9 Å². The van der Waals surface area contributed by atoms with E-state index in [1.165, 1.54) is 0 Å². The average Bonchev–Trinajstić information content (AvgIpc) is 2.43. The zero-order valence-electron chi connectivity index (χ0n) is 13.1. The van der Waals surface area contributed by atoms with E-state index in [1.807, 2.05) is 0 Å². The molecule has 0 aliphatic heterocycles. The zero-order chi connectivity index (χ0) is 16.8. The van der Waals surface area contributed by atoms with Gasteiger partial charge in [0.1, 0.15) is 12.1 Å². The predicted molar refractivity (Wildman–Crippen MR) is 83.3 cm³/mol. The molecule has 0 unspecified atom stereocenters. The summed E-state index contributed by atoms with van der Waals surface area (Å²) in [5, 5.41) is 16.8. The molecule has 0 aliphatic rings. The highest BCUT2D eigenvalue weighted by molar-refractivity contribution is 5.99. The number of hydrogen-bond donors (Lipinski definition) is 3. The number of anilines is 1. The van der Waals surface area contributed by atoms with Crippen molar-refractivity contribution in [1.82, 2.24) is 5.32 Å². The number of hydrogen-bond acceptors (Lipinski definition) is 5. The molecule has 3 N–H and O–H groups in total.